The minimum absolute atomic E-state index is 0.176. The van der Waals surface area contributed by atoms with Crippen molar-refractivity contribution < 1.29 is 19.4 Å². The second-order valence-corrected chi connectivity index (χ2v) is 5.83. The quantitative estimate of drug-likeness (QED) is 0.774. The lowest BCUT2D eigenvalue weighted by Crippen LogP contribution is -2.41. The topological polar surface area (TPSA) is 75.6 Å². The number of nitrogens with one attached hydrogen (secondary N) is 1. The Morgan fingerprint density at radius 2 is 1.84 bits per heavy atom. The van der Waals surface area contributed by atoms with Crippen LogP contribution in [0, 0.1) is 0 Å². The van der Waals surface area contributed by atoms with Gasteiger partial charge in [-0.2, -0.15) is 0 Å². The van der Waals surface area contributed by atoms with E-state index in [1.54, 1.807) is 0 Å². The highest BCUT2D eigenvalue weighted by atomic mass is 16.5. The number of aliphatic carboxylic acids is 1. The van der Waals surface area contributed by atoms with Crippen molar-refractivity contribution >= 4 is 11.9 Å². The summed E-state index contributed by atoms with van der Waals surface area (Å²) in [7, 11) is 0. The van der Waals surface area contributed by atoms with Crippen molar-refractivity contribution in [3.8, 4) is 5.75 Å². The van der Waals surface area contributed by atoms with E-state index in [9.17, 15) is 14.7 Å². The molecule has 0 bridgehead atoms. The number of carboxylic acid groups (broad SMARTS) is 1. The number of hydrogen-bond donors (Lipinski definition) is 2. The maximum absolute atomic E-state index is 11.4. The number of carbonyl (C=O) groups excluding carboxylic acids is 1. The number of carbonyl (C=O) groups is 2. The molecule has 2 aromatic rings. The molecule has 5 heteroatoms. The Morgan fingerprint density at radius 3 is 2.44 bits per heavy atom. The predicted molar refractivity (Wildman–Crippen MR) is 95.8 cm³/mol. The van der Waals surface area contributed by atoms with Crippen LogP contribution in [0.1, 0.15) is 30.5 Å². The number of amides is 1. The molecule has 1 amide bonds. The number of benzene rings is 2. The van der Waals surface area contributed by atoms with Crippen molar-refractivity contribution in [1.82, 2.24) is 5.32 Å². The number of carboxylic acids is 1. The van der Waals surface area contributed by atoms with Gasteiger partial charge in [-0.05, 0) is 36.1 Å². The Hall–Kier alpha value is -2.82. The molecule has 0 heterocycles. The van der Waals surface area contributed by atoms with Gasteiger partial charge in [0, 0.05) is 13.3 Å². The first-order valence-corrected chi connectivity index (χ1v) is 8.28. The first kappa shape index (κ1) is 18.5. The van der Waals surface area contributed by atoms with Crippen LogP contribution < -0.4 is 10.1 Å². The van der Waals surface area contributed by atoms with Gasteiger partial charge in [-0.25, -0.2) is 4.79 Å². The lowest BCUT2D eigenvalue weighted by atomic mass is 9.99. The van der Waals surface area contributed by atoms with Crippen molar-refractivity contribution in [2.24, 2.45) is 0 Å². The third-order valence-corrected chi connectivity index (χ3v) is 3.78. The van der Waals surface area contributed by atoms with E-state index in [4.69, 9.17) is 4.74 Å². The van der Waals surface area contributed by atoms with Crippen LogP contribution in [0.25, 0.3) is 0 Å². The van der Waals surface area contributed by atoms with E-state index in [-0.39, 0.29) is 12.3 Å². The summed E-state index contributed by atoms with van der Waals surface area (Å²) >= 11 is 0. The maximum Gasteiger partial charge on any atom is 0.326 e. The smallest absolute Gasteiger partial charge is 0.326 e. The van der Waals surface area contributed by atoms with Crippen LogP contribution >= 0.6 is 0 Å². The average Bonchev–Trinajstić information content (AvgIpc) is 2.57. The maximum atomic E-state index is 11.4. The van der Waals surface area contributed by atoms with Gasteiger partial charge >= 0.3 is 5.97 Å². The van der Waals surface area contributed by atoms with Gasteiger partial charge in [-0.15, -0.1) is 0 Å². The second-order valence-electron chi connectivity index (χ2n) is 5.83. The van der Waals surface area contributed by atoms with Crippen LogP contribution in [0.15, 0.2) is 48.5 Å². The van der Waals surface area contributed by atoms with Gasteiger partial charge in [-0.1, -0.05) is 42.5 Å². The van der Waals surface area contributed by atoms with Gasteiger partial charge in [0.1, 0.15) is 11.8 Å². The van der Waals surface area contributed by atoms with E-state index in [1.807, 2.05) is 43.3 Å². The Labute approximate surface area is 147 Å². The van der Waals surface area contributed by atoms with Crippen molar-refractivity contribution in [2.45, 2.75) is 32.7 Å². The minimum Gasteiger partial charge on any atom is -0.494 e. The molecule has 0 spiro atoms. The Balaban J connectivity index is 2.22. The van der Waals surface area contributed by atoms with Crippen LogP contribution in [0.2, 0.25) is 0 Å². The van der Waals surface area contributed by atoms with Crippen molar-refractivity contribution in [2.75, 3.05) is 6.61 Å². The van der Waals surface area contributed by atoms with Crippen LogP contribution in [0.4, 0.5) is 0 Å². The Bertz CT molecular complexity index is 728. The number of rotatable bonds is 8. The summed E-state index contributed by atoms with van der Waals surface area (Å²) in [6.07, 6.45) is 0.950. The van der Waals surface area contributed by atoms with Gasteiger partial charge in [0.05, 0.1) is 6.61 Å². The molecule has 0 fully saturated rings. The van der Waals surface area contributed by atoms with E-state index in [0.29, 0.717) is 12.4 Å². The minimum atomic E-state index is -1.06. The second kappa shape index (κ2) is 8.87. The average molecular weight is 341 g/mol. The summed E-state index contributed by atoms with van der Waals surface area (Å²) in [6, 6.07) is 14.9. The Kier molecular flexibility index (Phi) is 6.57. The van der Waals surface area contributed by atoms with Gasteiger partial charge in [0.2, 0.25) is 5.91 Å². The van der Waals surface area contributed by atoms with Gasteiger partial charge in [0.25, 0.3) is 0 Å². The SMILES string of the molecule is CCOc1cc(Cc2ccccc2)ccc1C[C@H](NC(C)=O)C(=O)O. The zero-order chi connectivity index (χ0) is 18.2. The molecule has 5 nitrogen and oxygen atoms in total. The van der Waals surface area contributed by atoms with Crippen LogP contribution in [-0.2, 0) is 22.4 Å². The number of hydrogen-bond acceptors (Lipinski definition) is 3. The molecule has 132 valence electrons. The van der Waals surface area contributed by atoms with Crippen molar-refractivity contribution in [3.63, 3.8) is 0 Å². The van der Waals surface area contributed by atoms with E-state index in [0.717, 1.165) is 17.5 Å². The largest absolute Gasteiger partial charge is 0.494 e. The fourth-order valence-corrected chi connectivity index (χ4v) is 2.66. The zero-order valence-electron chi connectivity index (χ0n) is 14.5. The lowest BCUT2D eigenvalue weighted by molar-refractivity contribution is -0.141. The fourth-order valence-electron chi connectivity index (χ4n) is 2.66. The molecule has 0 aliphatic carbocycles. The summed E-state index contributed by atoms with van der Waals surface area (Å²) in [5.74, 6) is -0.774. The number of ether oxygens (including phenoxy) is 1. The molecule has 0 radical (unpaired) electrons. The van der Waals surface area contributed by atoms with E-state index in [1.165, 1.54) is 12.5 Å². The molecule has 0 aliphatic heterocycles. The summed E-state index contributed by atoms with van der Waals surface area (Å²) < 4.78 is 5.70. The predicted octanol–water partition coefficient (Wildman–Crippen LogP) is 2.81. The normalized spacial score (nSPS) is 11.6. The first-order chi connectivity index (χ1) is 12.0. The molecule has 1 atom stereocenters. The van der Waals surface area contributed by atoms with Crippen LogP contribution in [0.3, 0.4) is 0 Å². The van der Waals surface area contributed by atoms with E-state index < -0.39 is 12.0 Å². The van der Waals surface area contributed by atoms with Gasteiger partial charge in [-0.3, -0.25) is 4.79 Å². The van der Waals surface area contributed by atoms with E-state index in [2.05, 4.69) is 17.4 Å². The molecule has 2 N–H and O–H groups in total. The Morgan fingerprint density at radius 1 is 1.12 bits per heavy atom. The monoisotopic (exact) mass is 341 g/mol. The molecule has 2 aromatic carbocycles. The van der Waals surface area contributed by atoms with Crippen molar-refractivity contribution in [3.05, 3.63) is 65.2 Å². The standard InChI is InChI=1S/C20H23NO4/c1-3-25-19-12-16(11-15-7-5-4-6-8-15)9-10-17(19)13-18(20(23)24)21-14(2)22/h4-10,12,18H,3,11,13H2,1-2H3,(H,21,22)(H,23,24)/t18-/m0/s1. The highest BCUT2D eigenvalue weighted by Crippen LogP contribution is 2.24. The summed E-state index contributed by atoms with van der Waals surface area (Å²) in [5, 5.41) is 11.8. The molecule has 0 aliphatic rings. The van der Waals surface area contributed by atoms with Crippen LogP contribution in [-0.4, -0.2) is 29.6 Å². The van der Waals surface area contributed by atoms with Gasteiger partial charge in [0.15, 0.2) is 0 Å². The molecule has 0 unspecified atom stereocenters. The third-order valence-electron chi connectivity index (χ3n) is 3.78. The highest BCUT2D eigenvalue weighted by molar-refractivity contribution is 5.82. The lowest BCUT2D eigenvalue weighted by Gasteiger charge is -2.17. The van der Waals surface area contributed by atoms with Gasteiger partial charge < -0.3 is 15.2 Å². The molecule has 25 heavy (non-hydrogen) atoms. The molecule has 0 aromatic heterocycles. The summed E-state index contributed by atoms with van der Waals surface area (Å²) in [6.45, 7) is 3.68. The summed E-state index contributed by atoms with van der Waals surface area (Å²) in [4.78, 5) is 22.6. The zero-order valence-corrected chi connectivity index (χ0v) is 14.5. The molecular weight excluding hydrogens is 318 g/mol. The first-order valence-electron chi connectivity index (χ1n) is 8.28. The van der Waals surface area contributed by atoms with Crippen molar-refractivity contribution in [1.29, 1.82) is 0 Å². The fraction of sp³-hybridized carbons (Fsp3) is 0.300. The molecule has 2 rings (SSSR count). The summed E-state index contributed by atoms with van der Waals surface area (Å²) in [5.41, 5.74) is 3.05. The molecule has 0 saturated carbocycles. The molecular formula is C20H23NO4. The molecule has 0 saturated heterocycles. The van der Waals surface area contributed by atoms with E-state index >= 15 is 0 Å². The van der Waals surface area contributed by atoms with Crippen LogP contribution in [0.5, 0.6) is 5.75 Å². The highest BCUT2D eigenvalue weighted by Gasteiger charge is 2.21. The third kappa shape index (κ3) is 5.64.